The molecule has 0 fully saturated rings. The van der Waals surface area contributed by atoms with Crippen molar-refractivity contribution in [3.8, 4) is 0 Å². The van der Waals surface area contributed by atoms with E-state index in [1.165, 1.54) is 36.4 Å². The number of nitrogens with zero attached hydrogens (tertiary/aromatic N) is 2. The Hall–Kier alpha value is -3.70. The molecule has 1 aromatic heterocycles. The lowest BCUT2D eigenvalue weighted by atomic mass is 10.3. The molecule has 2 amide bonds. The quantitative estimate of drug-likeness (QED) is 0.505. The molecule has 0 spiro atoms. The van der Waals surface area contributed by atoms with Gasteiger partial charge in [0.2, 0.25) is 5.88 Å². The Kier molecular flexibility index (Phi) is 5.68. The van der Waals surface area contributed by atoms with E-state index < -0.39 is 27.7 Å². The van der Waals surface area contributed by atoms with Gasteiger partial charge in [-0.05, 0) is 62.4 Å². The SMILES string of the molecule is Cc1noc(NS(=O)(=O)c2ccc(NC3=C(Cl)C(=O)N(c4ccc(F)cc4)C3=O)cc2)c1C. The van der Waals surface area contributed by atoms with E-state index in [9.17, 15) is 22.4 Å². The standard InChI is InChI=1S/C21H16ClFN4O5S/c1-11-12(2)25-32-19(11)26-33(30,31)16-9-5-14(6-10-16)24-18-17(22)20(28)27(21(18)29)15-7-3-13(23)4-8-15/h3-10,24,26H,1-2H3. The maximum atomic E-state index is 13.2. The van der Waals surface area contributed by atoms with E-state index in [-0.39, 0.29) is 27.2 Å². The van der Waals surface area contributed by atoms with Gasteiger partial charge in [-0.25, -0.2) is 22.4 Å². The number of hydrogen-bond donors (Lipinski definition) is 2. The third kappa shape index (κ3) is 4.20. The zero-order valence-corrected chi connectivity index (χ0v) is 18.8. The maximum absolute atomic E-state index is 13.2. The number of carbonyl (C=O) groups excluding carboxylic acids is 2. The first kappa shape index (κ1) is 22.5. The van der Waals surface area contributed by atoms with Crippen LogP contribution in [0.25, 0.3) is 0 Å². The number of nitrogens with one attached hydrogen (secondary N) is 2. The van der Waals surface area contributed by atoms with Crippen LogP contribution in [0.4, 0.5) is 21.6 Å². The summed E-state index contributed by atoms with van der Waals surface area (Å²) in [5, 5.41) is 6.10. The Morgan fingerprint density at radius 1 is 1.00 bits per heavy atom. The molecule has 3 aromatic rings. The summed E-state index contributed by atoms with van der Waals surface area (Å²) in [6.45, 7) is 3.35. The summed E-state index contributed by atoms with van der Waals surface area (Å²) in [5.74, 6) is -2.00. The molecule has 0 unspecified atom stereocenters. The zero-order chi connectivity index (χ0) is 23.9. The summed E-state index contributed by atoms with van der Waals surface area (Å²) < 4.78 is 45.7. The Balaban J connectivity index is 1.53. The first-order valence-electron chi connectivity index (χ1n) is 9.45. The Labute approximate surface area is 192 Å². The Morgan fingerprint density at radius 3 is 2.21 bits per heavy atom. The van der Waals surface area contributed by atoms with Crippen molar-refractivity contribution >= 4 is 50.7 Å². The van der Waals surface area contributed by atoms with Crippen LogP contribution in [-0.4, -0.2) is 25.4 Å². The van der Waals surface area contributed by atoms with Crippen molar-refractivity contribution in [3.63, 3.8) is 0 Å². The molecule has 0 bridgehead atoms. The number of amides is 2. The number of imide groups is 1. The van der Waals surface area contributed by atoms with Crippen molar-refractivity contribution in [2.75, 3.05) is 14.9 Å². The fourth-order valence-electron chi connectivity index (χ4n) is 2.99. The molecule has 0 atom stereocenters. The number of aromatic nitrogens is 1. The minimum Gasteiger partial charge on any atom is -0.350 e. The summed E-state index contributed by atoms with van der Waals surface area (Å²) in [5.41, 5.74) is 1.41. The van der Waals surface area contributed by atoms with E-state index in [4.69, 9.17) is 16.1 Å². The van der Waals surface area contributed by atoms with Crippen LogP contribution < -0.4 is 14.9 Å². The molecular formula is C21H16ClFN4O5S. The third-order valence-corrected chi connectivity index (χ3v) is 6.63. The molecular weight excluding hydrogens is 475 g/mol. The highest BCUT2D eigenvalue weighted by Gasteiger charge is 2.39. The fourth-order valence-corrected chi connectivity index (χ4v) is 4.25. The first-order chi connectivity index (χ1) is 15.6. The largest absolute Gasteiger partial charge is 0.350 e. The zero-order valence-electron chi connectivity index (χ0n) is 17.2. The number of hydrogen-bond acceptors (Lipinski definition) is 7. The van der Waals surface area contributed by atoms with E-state index in [0.29, 0.717) is 16.9 Å². The molecule has 0 aliphatic carbocycles. The van der Waals surface area contributed by atoms with E-state index >= 15 is 0 Å². The second-order valence-corrected chi connectivity index (χ2v) is 9.15. The lowest BCUT2D eigenvalue weighted by Crippen LogP contribution is -2.32. The topological polar surface area (TPSA) is 122 Å². The molecule has 33 heavy (non-hydrogen) atoms. The molecule has 4 rings (SSSR count). The molecule has 2 N–H and O–H groups in total. The predicted octanol–water partition coefficient (Wildman–Crippen LogP) is 3.67. The van der Waals surface area contributed by atoms with Crippen molar-refractivity contribution < 1.29 is 26.9 Å². The first-order valence-corrected chi connectivity index (χ1v) is 11.3. The van der Waals surface area contributed by atoms with E-state index in [1.54, 1.807) is 13.8 Å². The van der Waals surface area contributed by atoms with Gasteiger partial charge in [0.1, 0.15) is 16.5 Å². The van der Waals surface area contributed by atoms with Gasteiger partial charge >= 0.3 is 0 Å². The average molecular weight is 491 g/mol. The molecule has 2 aromatic carbocycles. The molecule has 12 heteroatoms. The van der Waals surface area contributed by atoms with Gasteiger partial charge < -0.3 is 9.84 Å². The van der Waals surface area contributed by atoms with Crippen LogP contribution in [-0.2, 0) is 19.6 Å². The van der Waals surface area contributed by atoms with E-state index in [2.05, 4.69) is 15.2 Å². The molecule has 0 radical (unpaired) electrons. The van der Waals surface area contributed by atoms with Crippen molar-refractivity contribution in [1.29, 1.82) is 0 Å². The Bertz CT molecular complexity index is 1400. The normalized spacial score (nSPS) is 14.2. The van der Waals surface area contributed by atoms with Gasteiger partial charge in [-0.15, -0.1) is 0 Å². The number of carbonyl (C=O) groups is 2. The number of rotatable bonds is 6. The van der Waals surface area contributed by atoms with Gasteiger partial charge in [0.05, 0.1) is 16.3 Å². The third-order valence-electron chi connectivity index (χ3n) is 4.93. The summed E-state index contributed by atoms with van der Waals surface area (Å²) in [7, 11) is -3.95. The van der Waals surface area contributed by atoms with Crippen molar-refractivity contribution in [2.24, 2.45) is 0 Å². The van der Waals surface area contributed by atoms with E-state index in [0.717, 1.165) is 17.0 Å². The van der Waals surface area contributed by atoms with Gasteiger partial charge in [0.25, 0.3) is 21.8 Å². The minimum atomic E-state index is -3.95. The molecule has 0 saturated carbocycles. The van der Waals surface area contributed by atoms with Gasteiger partial charge in [0.15, 0.2) is 0 Å². The minimum absolute atomic E-state index is 0.0163. The van der Waals surface area contributed by atoms with Gasteiger partial charge in [-0.1, -0.05) is 16.8 Å². The van der Waals surface area contributed by atoms with Crippen LogP contribution in [0.2, 0.25) is 0 Å². The monoisotopic (exact) mass is 490 g/mol. The lowest BCUT2D eigenvalue weighted by Gasteiger charge is -2.15. The second kappa shape index (κ2) is 8.34. The highest BCUT2D eigenvalue weighted by atomic mass is 35.5. The number of sulfonamides is 1. The highest BCUT2D eigenvalue weighted by molar-refractivity contribution is 7.92. The Morgan fingerprint density at radius 2 is 1.64 bits per heavy atom. The van der Waals surface area contributed by atoms with Crippen molar-refractivity contribution in [1.82, 2.24) is 5.16 Å². The van der Waals surface area contributed by atoms with Gasteiger partial charge in [-0.3, -0.25) is 9.59 Å². The smallest absolute Gasteiger partial charge is 0.283 e. The summed E-state index contributed by atoms with van der Waals surface area (Å²) in [6, 6.07) is 10.2. The predicted molar refractivity (Wildman–Crippen MR) is 119 cm³/mol. The highest BCUT2D eigenvalue weighted by Crippen LogP contribution is 2.30. The molecule has 170 valence electrons. The van der Waals surface area contributed by atoms with Crippen LogP contribution in [0.1, 0.15) is 11.3 Å². The van der Waals surface area contributed by atoms with E-state index in [1.807, 2.05) is 0 Å². The van der Waals surface area contributed by atoms with Gasteiger partial charge in [-0.2, -0.15) is 0 Å². The van der Waals surface area contributed by atoms with Crippen molar-refractivity contribution in [3.05, 3.63) is 76.3 Å². The van der Waals surface area contributed by atoms with Crippen LogP contribution in [0.15, 0.2) is 68.7 Å². The van der Waals surface area contributed by atoms with Gasteiger partial charge in [0, 0.05) is 11.3 Å². The summed E-state index contributed by atoms with van der Waals surface area (Å²) in [6.07, 6.45) is 0. The number of benzene rings is 2. The van der Waals surface area contributed by atoms with Crippen LogP contribution in [0.3, 0.4) is 0 Å². The lowest BCUT2D eigenvalue weighted by molar-refractivity contribution is -0.120. The van der Waals surface area contributed by atoms with Crippen molar-refractivity contribution in [2.45, 2.75) is 18.7 Å². The summed E-state index contributed by atoms with van der Waals surface area (Å²) in [4.78, 5) is 26.0. The number of anilines is 3. The maximum Gasteiger partial charge on any atom is 0.283 e. The number of halogens is 2. The molecule has 2 heterocycles. The van der Waals surface area contributed by atoms with Crippen LogP contribution in [0, 0.1) is 19.7 Å². The van der Waals surface area contributed by atoms with Crippen LogP contribution >= 0.6 is 11.6 Å². The molecule has 1 aliphatic heterocycles. The molecule has 1 aliphatic rings. The second-order valence-electron chi connectivity index (χ2n) is 7.09. The molecule has 9 nitrogen and oxygen atoms in total. The fraction of sp³-hybridized carbons (Fsp3) is 0.0952. The molecule has 0 saturated heterocycles. The van der Waals surface area contributed by atoms with Crippen LogP contribution in [0.5, 0.6) is 0 Å². The average Bonchev–Trinajstić information content (AvgIpc) is 3.20. The number of aryl methyl sites for hydroxylation is 1. The summed E-state index contributed by atoms with van der Waals surface area (Å²) >= 11 is 6.07.